The van der Waals surface area contributed by atoms with Gasteiger partial charge in [0.15, 0.2) is 0 Å². The molecule has 1 aliphatic carbocycles. The van der Waals surface area contributed by atoms with Crippen LogP contribution in [0.2, 0.25) is 0 Å². The Morgan fingerprint density at radius 2 is 1.67 bits per heavy atom. The molecule has 6 aromatic rings. The van der Waals surface area contributed by atoms with Gasteiger partial charge in [0, 0.05) is 40.4 Å². The van der Waals surface area contributed by atoms with E-state index >= 15 is 0 Å². The first-order valence-corrected chi connectivity index (χ1v) is 13.2. The minimum Gasteiger partial charge on any atom is -0.508 e. The van der Waals surface area contributed by atoms with Gasteiger partial charge in [0.2, 0.25) is 0 Å². The van der Waals surface area contributed by atoms with Crippen LogP contribution >= 0.6 is 0 Å². The first-order valence-electron chi connectivity index (χ1n) is 13.2. The molecule has 1 aliphatic rings. The number of aromatic amines is 2. The Bertz CT molecular complexity index is 1800. The van der Waals surface area contributed by atoms with Crippen molar-refractivity contribution in [1.82, 2.24) is 25.1 Å². The van der Waals surface area contributed by atoms with Gasteiger partial charge in [-0.25, -0.2) is 4.39 Å². The number of halogens is 1. The van der Waals surface area contributed by atoms with Gasteiger partial charge in [-0.2, -0.15) is 5.10 Å². The van der Waals surface area contributed by atoms with Gasteiger partial charge in [0.25, 0.3) is 0 Å². The minimum absolute atomic E-state index is 0.133. The number of hydrogen-bond donors (Lipinski definition) is 3. The highest BCUT2D eigenvalue weighted by Crippen LogP contribution is 2.36. The van der Waals surface area contributed by atoms with Crippen molar-refractivity contribution in [2.24, 2.45) is 0 Å². The number of nitrogens with one attached hydrogen (secondary N) is 2. The molecule has 1 saturated carbocycles. The minimum atomic E-state index is -0.508. The lowest BCUT2D eigenvalue weighted by atomic mass is 9.98. The first kappa shape index (κ1) is 23.4. The fraction of sp³-hybridized carbons (Fsp3) is 0.194. The van der Waals surface area contributed by atoms with E-state index in [9.17, 15) is 9.50 Å². The third-order valence-corrected chi connectivity index (χ3v) is 7.46. The quantitative estimate of drug-likeness (QED) is 0.220. The molecule has 0 spiro atoms. The molecule has 7 nitrogen and oxygen atoms in total. The average Bonchev–Trinajstić information content (AvgIpc) is 3.57. The van der Waals surface area contributed by atoms with Gasteiger partial charge in [-0.3, -0.25) is 15.1 Å². The monoisotopic (exact) mass is 519 g/mol. The summed E-state index contributed by atoms with van der Waals surface area (Å²) in [6.07, 6.45) is 13.2. The van der Waals surface area contributed by atoms with E-state index in [1.54, 1.807) is 18.6 Å². The maximum absolute atomic E-state index is 14.0. The summed E-state index contributed by atoms with van der Waals surface area (Å²) in [5, 5.41) is 19.5. The van der Waals surface area contributed by atoms with Crippen LogP contribution in [-0.2, 0) is 0 Å². The van der Waals surface area contributed by atoms with Crippen LogP contribution < -0.4 is 4.74 Å². The Hall–Kier alpha value is -4.72. The smallest absolute Gasteiger partial charge is 0.138 e. The number of rotatable bonds is 5. The van der Waals surface area contributed by atoms with E-state index in [2.05, 4.69) is 43.3 Å². The summed E-state index contributed by atoms with van der Waals surface area (Å²) >= 11 is 0. The van der Waals surface area contributed by atoms with E-state index in [1.165, 1.54) is 31.4 Å². The molecule has 4 heterocycles. The fourth-order valence-electron chi connectivity index (χ4n) is 5.55. The normalized spacial score (nSPS) is 14.3. The predicted octanol–water partition coefficient (Wildman–Crippen LogP) is 7.39. The first-order chi connectivity index (χ1) is 19.1. The molecule has 0 radical (unpaired) electrons. The molecule has 0 atom stereocenters. The molecule has 3 N–H and O–H groups in total. The second kappa shape index (κ2) is 9.54. The van der Waals surface area contributed by atoms with Crippen molar-refractivity contribution in [2.75, 3.05) is 0 Å². The zero-order chi connectivity index (χ0) is 26.3. The van der Waals surface area contributed by atoms with E-state index in [4.69, 9.17) is 4.74 Å². The molecule has 1 fully saturated rings. The molecule has 0 unspecified atom stereocenters. The third kappa shape index (κ3) is 4.48. The molecule has 0 amide bonds. The summed E-state index contributed by atoms with van der Waals surface area (Å²) in [6.45, 7) is 0. The number of ether oxygens (including phenoxy) is 1. The summed E-state index contributed by atoms with van der Waals surface area (Å²) in [4.78, 5) is 12.2. The summed E-state index contributed by atoms with van der Waals surface area (Å²) in [6, 6.07) is 14.2. The van der Waals surface area contributed by atoms with E-state index in [0.29, 0.717) is 11.1 Å². The highest BCUT2D eigenvalue weighted by Gasteiger charge is 2.17. The van der Waals surface area contributed by atoms with Crippen LogP contribution in [0.4, 0.5) is 4.39 Å². The maximum Gasteiger partial charge on any atom is 0.138 e. The lowest BCUT2D eigenvalue weighted by molar-refractivity contribution is 0.154. The van der Waals surface area contributed by atoms with Gasteiger partial charge >= 0.3 is 0 Å². The number of fused-ring (bicyclic) bond motifs is 2. The van der Waals surface area contributed by atoms with Crippen molar-refractivity contribution in [1.29, 1.82) is 0 Å². The number of nitrogens with zero attached hydrogens (tertiary/aromatic N) is 3. The van der Waals surface area contributed by atoms with Gasteiger partial charge in [0.05, 0.1) is 35.2 Å². The molecular formula is C31H26FN5O2. The second-order valence-corrected chi connectivity index (χ2v) is 10.1. The average molecular weight is 520 g/mol. The molecule has 7 rings (SSSR count). The Balaban J connectivity index is 1.26. The number of H-pyrrole nitrogens is 2. The molecule has 0 bridgehead atoms. The lowest BCUT2D eigenvalue weighted by Crippen LogP contribution is -2.19. The zero-order valence-corrected chi connectivity index (χ0v) is 21.1. The van der Waals surface area contributed by atoms with E-state index in [-0.39, 0.29) is 11.9 Å². The summed E-state index contributed by atoms with van der Waals surface area (Å²) in [5.41, 5.74) is 6.51. The van der Waals surface area contributed by atoms with Gasteiger partial charge in [-0.1, -0.05) is 12.5 Å². The molecular weight excluding hydrogens is 493 g/mol. The summed E-state index contributed by atoms with van der Waals surface area (Å²) in [7, 11) is 0. The molecule has 39 heavy (non-hydrogen) atoms. The zero-order valence-electron chi connectivity index (χ0n) is 21.1. The maximum atomic E-state index is 14.0. The SMILES string of the molecule is Oc1cc(F)cc(-c2cncc3[nH]c(-c4n[nH]c5ccc(-c6cncc(OC7CCCCC7)c6)cc45)cc23)c1. The predicted molar refractivity (Wildman–Crippen MR) is 149 cm³/mol. The van der Waals surface area contributed by atoms with Crippen LogP contribution in [0.25, 0.3) is 55.4 Å². The van der Waals surface area contributed by atoms with Gasteiger partial charge < -0.3 is 14.8 Å². The Morgan fingerprint density at radius 1 is 0.795 bits per heavy atom. The number of aromatic hydroxyl groups is 1. The summed E-state index contributed by atoms with van der Waals surface area (Å²) < 4.78 is 20.3. The molecule has 2 aromatic carbocycles. The molecule has 8 heteroatoms. The van der Waals surface area contributed by atoms with Crippen LogP contribution in [-0.4, -0.2) is 36.4 Å². The van der Waals surface area contributed by atoms with Crippen LogP contribution in [0.1, 0.15) is 32.1 Å². The highest BCUT2D eigenvalue weighted by molar-refractivity contribution is 6.01. The molecule has 0 saturated heterocycles. The third-order valence-electron chi connectivity index (χ3n) is 7.46. The van der Waals surface area contributed by atoms with Crippen LogP contribution in [0.15, 0.2) is 73.3 Å². The van der Waals surface area contributed by atoms with Crippen molar-refractivity contribution < 1.29 is 14.2 Å². The topological polar surface area (TPSA) is 99.7 Å². The number of phenolic OH excluding ortho intramolecular Hbond substituents is 1. The van der Waals surface area contributed by atoms with Crippen molar-refractivity contribution in [3.8, 4) is 45.1 Å². The molecule has 194 valence electrons. The lowest BCUT2D eigenvalue weighted by Gasteiger charge is -2.23. The fourth-order valence-corrected chi connectivity index (χ4v) is 5.55. The van der Waals surface area contributed by atoms with Crippen molar-refractivity contribution in [2.45, 2.75) is 38.2 Å². The van der Waals surface area contributed by atoms with Crippen LogP contribution in [0, 0.1) is 5.82 Å². The molecule has 4 aromatic heterocycles. The number of phenols is 1. The number of pyridine rings is 2. The number of hydrogen-bond acceptors (Lipinski definition) is 5. The van der Waals surface area contributed by atoms with Crippen LogP contribution in [0.5, 0.6) is 11.5 Å². The van der Waals surface area contributed by atoms with Crippen LogP contribution in [0.3, 0.4) is 0 Å². The highest BCUT2D eigenvalue weighted by atomic mass is 19.1. The van der Waals surface area contributed by atoms with Gasteiger partial charge in [0.1, 0.15) is 23.0 Å². The number of aromatic nitrogens is 5. The Morgan fingerprint density at radius 3 is 2.54 bits per heavy atom. The van der Waals surface area contributed by atoms with E-state index in [1.807, 2.05) is 18.3 Å². The van der Waals surface area contributed by atoms with Crippen molar-refractivity contribution in [3.63, 3.8) is 0 Å². The molecule has 0 aliphatic heterocycles. The van der Waals surface area contributed by atoms with Crippen molar-refractivity contribution in [3.05, 3.63) is 79.1 Å². The van der Waals surface area contributed by atoms with Gasteiger partial charge in [-0.15, -0.1) is 0 Å². The van der Waals surface area contributed by atoms with Crippen molar-refractivity contribution >= 4 is 21.8 Å². The largest absolute Gasteiger partial charge is 0.508 e. The Kier molecular flexibility index (Phi) is 5.73. The van der Waals surface area contributed by atoms with Gasteiger partial charge in [-0.05, 0) is 73.2 Å². The second-order valence-electron chi connectivity index (χ2n) is 10.1. The van der Waals surface area contributed by atoms with E-state index < -0.39 is 5.82 Å². The standard InChI is InChI=1S/C31H26FN5O2/c32-21-8-19(9-22(38)12-21)27-16-34-17-30-25(27)13-29(35-30)31-26-11-18(6-7-28(26)36-37-31)20-10-24(15-33-14-20)39-23-4-2-1-3-5-23/h6-17,23,35,38H,1-5H2,(H,36,37). The number of benzene rings is 2. The van der Waals surface area contributed by atoms with E-state index in [0.717, 1.165) is 69.0 Å². The Labute approximate surface area is 223 Å². The summed E-state index contributed by atoms with van der Waals surface area (Å²) in [5.74, 6) is 0.156.